The molecule has 4 saturated carbocycles. The van der Waals surface area contributed by atoms with Crippen molar-refractivity contribution >= 4 is 17.9 Å². The van der Waals surface area contributed by atoms with Gasteiger partial charge in [0, 0.05) is 19.3 Å². The van der Waals surface area contributed by atoms with Crippen molar-refractivity contribution in [3.63, 3.8) is 0 Å². The number of carbonyl (C=O) groups is 3. The number of ether oxygens (including phenoxy) is 3. The van der Waals surface area contributed by atoms with Gasteiger partial charge in [0.25, 0.3) is 11.8 Å². The number of halogens is 14. The van der Waals surface area contributed by atoms with Gasteiger partial charge < -0.3 is 14.2 Å². The van der Waals surface area contributed by atoms with E-state index in [1.807, 2.05) is 0 Å². The summed E-state index contributed by atoms with van der Waals surface area (Å²) in [5.41, 5.74) is -7.39. The highest BCUT2D eigenvalue weighted by atomic mass is 19.4. The Bertz CT molecular complexity index is 1260. The van der Waals surface area contributed by atoms with E-state index in [0.717, 1.165) is 0 Å². The molecule has 0 N–H and O–H groups in total. The molecule has 0 aliphatic heterocycles. The van der Waals surface area contributed by atoms with Crippen LogP contribution in [0.4, 0.5) is 61.5 Å². The Morgan fingerprint density at radius 1 is 0.625 bits per heavy atom. The molecule has 0 saturated heterocycles. The SMILES string of the molecule is CCC(C)(C)C(=O)OC12CC3CC(OC(=O)CC(F)(F)CC(F)(F)C(F)(F)F)(C1)CC(OC(=O)C(F)(F)CC(F)(F)CC(F)(F)F)(C3)C2. The number of alkyl halides is 14. The lowest BCUT2D eigenvalue weighted by Gasteiger charge is -2.64. The van der Waals surface area contributed by atoms with Crippen molar-refractivity contribution in [2.75, 3.05) is 0 Å². The van der Waals surface area contributed by atoms with Crippen LogP contribution < -0.4 is 0 Å². The minimum absolute atomic E-state index is 0.0921. The van der Waals surface area contributed by atoms with Crippen LogP contribution in [0.25, 0.3) is 0 Å². The molecule has 20 heteroatoms. The summed E-state index contributed by atoms with van der Waals surface area (Å²) in [4.78, 5) is 38.3. The first-order valence-electron chi connectivity index (χ1n) is 14.5. The topological polar surface area (TPSA) is 78.9 Å². The summed E-state index contributed by atoms with van der Waals surface area (Å²) >= 11 is 0. The smallest absolute Gasteiger partial charge is 0.453 e. The molecule has 0 aromatic heterocycles. The van der Waals surface area contributed by atoms with E-state index < -0.39 is 127 Å². The molecule has 0 spiro atoms. The van der Waals surface area contributed by atoms with Gasteiger partial charge in [-0.25, -0.2) is 22.4 Å². The van der Waals surface area contributed by atoms with E-state index in [9.17, 15) is 75.8 Å². The van der Waals surface area contributed by atoms with E-state index in [1.54, 1.807) is 6.92 Å². The lowest BCUT2D eigenvalue weighted by atomic mass is 9.50. The highest BCUT2D eigenvalue weighted by molar-refractivity contribution is 5.78. The van der Waals surface area contributed by atoms with Crippen LogP contribution in [0.15, 0.2) is 0 Å². The molecule has 278 valence electrons. The van der Waals surface area contributed by atoms with E-state index in [0.29, 0.717) is 0 Å². The summed E-state index contributed by atoms with van der Waals surface area (Å²) in [6.45, 7) is 4.48. The van der Waals surface area contributed by atoms with Crippen LogP contribution in [-0.2, 0) is 28.6 Å². The van der Waals surface area contributed by atoms with Gasteiger partial charge in [-0.3, -0.25) is 9.59 Å². The predicted octanol–water partition coefficient (Wildman–Crippen LogP) is 8.49. The molecular weight excluding hydrogens is 698 g/mol. The van der Waals surface area contributed by atoms with Gasteiger partial charge in [0.15, 0.2) is 0 Å². The average molecular weight is 731 g/mol. The van der Waals surface area contributed by atoms with Gasteiger partial charge in [-0.15, -0.1) is 0 Å². The molecule has 0 aromatic rings. The van der Waals surface area contributed by atoms with Crippen molar-refractivity contribution < 1.29 is 90.1 Å². The van der Waals surface area contributed by atoms with Crippen LogP contribution >= 0.6 is 0 Å². The summed E-state index contributed by atoms with van der Waals surface area (Å²) in [6, 6.07) is 0. The molecule has 0 aromatic carbocycles. The molecule has 4 aliphatic carbocycles. The van der Waals surface area contributed by atoms with Crippen molar-refractivity contribution in [3.8, 4) is 0 Å². The van der Waals surface area contributed by atoms with Gasteiger partial charge >= 0.3 is 42.1 Å². The third-order valence-electron chi connectivity index (χ3n) is 8.84. The van der Waals surface area contributed by atoms with Crippen LogP contribution in [0.3, 0.4) is 0 Å². The Hall–Kier alpha value is -2.57. The van der Waals surface area contributed by atoms with Gasteiger partial charge in [-0.05, 0) is 45.4 Å². The molecule has 4 bridgehead atoms. The number of hydrogen-bond acceptors (Lipinski definition) is 6. The average Bonchev–Trinajstić information content (AvgIpc) is 2.77. The van der Waals surface area contributed by atoms with E-state index in [4.69, 9.17) is 14.2 Å². The normalized spacial score (nSPS) is 28.3. The summed E-state index contributed by atoms with van der Waals surface area (Å²) in [6.07, 6.45) is -25.9. The number of esters is 3. The van der Waals surface area contributed by atoms with Gasteiger partial charge in [-0.1, -0.05) is 6.92 Å². The van der Waals surface area contributed by atoms with Crippen LogP contribution in [-0.4, -0.2) is 70.8 Å². The summed E-state index contributed by atoms with van der Waals surface area (Å²) < 4.78 is 203. The molecule has 4 unspecified atom stereocenters. The molecular formula is C28H32F14O6. The van der Waals surface area contributed by atoms with Gasteiger partial charge in [0.05, 0.1) is 18.3 Å². The minimum Gasteiger partial charge on any atom is -0.459 e. The highest BCUT2D eigenvalue weighted by Gasteiger charge is 2.70. The first-order valence-corrected chi connectivity index (χ1v) is 14.5. The van der Waals surface area contributed by atoms with Crippen molar-refractivity contribution in [3.05, 3.63) is 0 Å². The van der Waals surface area contributed by atoms with Gasteiger partial charge in [-0.2, -0.15) is 43.9 Å². The van der Waals surface area contributed by atoms with Gasteiger partial charge in [0.2, 0.25) is 0 Å². The summed E-state index contributed by atoms with van der Waals surface area (Å²) in [5.74, 6) is -27.7. The lowest BCUT2D eigenvalue weighted by Crippen LogP contribution is -2.69. The van der Waals surface area contributed by atoms with Crippen LogP contribution in [0.2, 0.25) is 0 Å². The van der Waals surface area contributed by atoms with E-state index in [1.165, 1.54) is 13.8 Å². The highest BCUT2D eigenvalue weighted by Crippen LogP contribution is 2.64. The van der Waals surface area contributed by atoms with E-state index >= 15 is 0 Å². The molecule has 0 radical (unpaired) electrons. The molecule has 0 amide bonds. The lowest BCUT2D eigenvalue weighted by molar-refractivity contribution is -0.301. The molecule has 6 nitrogen and oxygen atoms in total. The Kier molecular flexibility index (Phi) is 10.00. The first kappa shape index (κ1) is 39.9. The third kappa shape index (κ3) is 9.15. The fraction of sp³-hybridized carbons (Fsp3) is 0.893. The molecule has 4 atom stereocenters. The summed E-state index contributed by atoms with van der Waals surface area (Å²) in [5, 5.41) is 0. The number of rotatable bonds is 13. The number of hydrogen-bond donors (Lipinski definition) is 0. The number of carbonyl (C=O) groups excluding carboxylic acids is 3. The Labute approximate surface area is 264 Å². The maximum absolute atomic E-state index is 14.7. The molecule has 48 heavy (non-hydrogen) atoms. The fourth-order valence-electron chi connectivity index (χ4n) is 7.00. The molecule has 0 heterocycles. The minimum atomic E-state index is -6.39. The van der Waals surface area contributed by atoms with Crippen LogP contribution in [0, 0.1) is 11.3 Å². The Morgan fingerprint density at radius 3 is 1.48 bits per heavy atom. The zero-order chi connectivity index (χ0) is 37.2. The van der Waals surface area contributed by atoms with E-state index in [-0.39, 0.29) is 25.7 Å². The van der Waals surface area contributed by atoms with Crippen molar-refractivity contribution in [1.29, 1.82) is 0 Å². The van der Waals surface area contributed by atoms with Crippen molar-refractivity contribution in [2.24, 2.45) is 11.3 Å². The zero-order valence-electron chi connectivity index (χ0n) is 25.6. The molecule has 4 fully saturated rings. The third-order valence-corrected chi connectivity index (χ3v) is 8.84. The fourth-order valence-corrected chi connectivity index (χ4v) is 7.00. The second-order valence-corrected chi connectivity index (χ2v) is 14.0. The monoisotopic (exact) mass is 730 g/mol. The molecule has 4 aliphatic rings. The Morgan fingerprint density at radius 2 is 1.06 bits per heavy atom. The molecule has 4 rings (SSSR count). The van der Waals surface area contributed by atoms with Crippen molar-refractivity contribution in [1.82, 2.24) is 0 Å². The first-order chi connectivity index (χ1) is 21.2. The van der Waals surface area contributed by atoms with E-state index in [2.05, 4.69) is 0 Å². The van der Waals surface area contributed by atoms with Gasteiger partial charge in [0.1, 0.15) is 29.6 Å². The second-order valence-electron chi connectivity index (χ2n) is 14.0. The largest absolute Gasteiger partial charge is 0.459 e. The zero-order valence-corrected chi connectivity index (χ0v) is 25.6. The van der Waals surface area contributed by atoms with Crippen molar-refractivity contribution in [2.45, 2.75) is 144 Å². The Balaban J connectivity index is 1.93. The maximum atomic E-state index is 14.7. The van der Waals surface area contributed by atoms with Crippen LogP contribution in [0.5, 0.6) is 0 Å². The standard InChI is InChI=1S/C28H32F14O6/c1-4-19(2,3)17(44)47-21-6-15-5-20(9-21,46-16(43)8-23(29,30)13-26(35,36)28(40,41)42)10-22(7-15,11-21)48-18(45)25(33,34)12-24(31,32)14-27(37,38)39/h15H,4-14H2,1-3H3. The second kappa shape index (κ2) is 12.0. The van der Waals surface area contributed by atoms with Crippen LogP contribution in [0.1, 0.15) is 91.4 Å². The maximum Gasteiger partial charge on any atom is 0.453 e. The summed E-state index contributed by atoms with van der Waals surface area (Å²) in [7, 11) is 0. The predicted molar refractivity (Wildman–Crippen MR) is 132 cm³/mol. The quantitative estimate of drug-likeness (QED) is 0.108.